The zero-order valence-corrected chi connectivity index (χ0v) is 43.6. The third kappa shape index (κ3) is 8.12. The number of hydrogen-bond donors (Lipinski definition) is 2. The molecule has 362 valence electrons. The lowest BCUT2D eigenvalue weighted by molar-refractivity contribution is 0.00578. The molecule has 3 saturated heterocycles. The van der Waals surface area contributed by atoms with Gasteiger partial charge in [0.1, 0.15) is 40.4 Å². The molecule has 2 aromatic heterocycles. The van der Waals surface area contributed by atoms with Gasteiger partial charge in [0, 0.05) is 8.32 Å². The first-order valence-corrected chi connectivity index (χ1v) is 22.9. The second-order valence-electron chi connectivity index (χ2n) is 21.5. The van der Waals surface area contributed by atoms with Gasteiger partial charge in [-0.05, 0) is 153 Å². The number of fused-ring (bicyclic) bond motifs is 6. The van der Waals surface area contributed by atoms with Gasteiger partial charge in [-0.25, -0.2) is 8.78 Å². The first-order valence-electron chi connectivity index (χ1n) is 22.1. The molecule has 22 heteroatoms. The zero-order valence-electron chi connectivity index (χ0n) is 42.0. The highest BCUT2D eigenvalue weighted by Crippen LogP contribution is 2.48. The van der Waals surface area contributed by atoms with Gasteiger partial charge >= 0.3 is 21.1 Å². The molecular formula is C44H68B3BrF2N8O8. The Morgan fingerprint density at radius 3 is 1.24 bits per heavy atom. The van der Waals surface area contributed by atoms with Gasteiger partial charge in [-0.15, -0.1) is 20.4 Å². The summed E-state index contributed by atoms with van der Waals surface area (Å²) in [5, 5.41) is 23.2. The van der Waals surface area contributed by atoms with Gasteiger partial charge in [0.05, 0.1) is 74.8 Å². The van der Waals surface area contributed by atoms with Crippen LogP contribution in [0.25, 0.3) is 11.4 Å². The van der Waals surface area contributed by atoms with Gasteiger partial charge in [0.15, 0.2) is 17.4 Å². The van der Waals surface area contributed by atoms with E-state index < -0.39 is 49.2 Å². The molecule has 66 heavy (non-hydrogen) atoms. The third-order valence-corrected chi connectivity index (χ3v) is 14.8. The lowest BCUT2D eigenvalue weighted by Gasteiger charge is -2.35. The second kappa shape index (κ2) is 16.2. The van der Waals surface area contributed by atoms with E-state index in [1.54, 1.807) is 14.2 Å². The molecule has 0 aliphatic carbocycles. The normalized spacial score (nSPS) is 22.3. The maximum absolute atomic E-state index is 15.3. The summed E-state index contributed by atoms with van der Waals surface area (Å²) in [4.78, 5) is 0. The Labute approximate surface area is 399 Å². The van der Waals surface area contributed by atoms with E-state index in [0.717, 1.165) is 5.82 Å². The molecular weight excluding hydrogens is 919 g/mol. The highest BCUT2D eigenvalue weighted by atomic mass is 79.9. The van der Waals surface area contributed by atoms with E-state index in [4.69, 9.17) is 37.4 Å². The number of methoxy groups -OCH3 is 2. The number of aryl methyl sites for hydroxylation is 2. The van der Waals surface area contributed by atoms with Gasteiger partial charge in [-0.2, -0.15) is 0 Å². The standard InChI is InChI=1S/C19H26BFN4O3.C13H14BrFN4O.C12H24B2O4.2H2/c1-10-23-24-16-17(2,3)22-13-12(21)9-11(15(26-8)14(13)25(10)16)20-27-18(4,5)19(6,7)28-20;1-6-17-18-12-13(2,3)16-9-8(15)5-7(14)11(20-4)10(9)19(6)12;1-9(2)10(3,4)16-13(15-9)14-17-11(5,6)12(7,8)18-14;;/h9,22H,1-8H3;5,16H,1-4H3;1-8H3;2*1H. The first-order chi connectivity index (χ1) is 30.1. The van der Waals surface area contributed by atoms with E-state index in [9.17, 15) is 4.39 Å². The van der Waals surface area contributed by atoms with Crippen LogP contribution < -0.4 is 25.6 Å². The molecule has 5 aliphatic heterocycles. The van der Waals surface area contributed by atoms with Crippen LogP contribution in [-0.4, -0.2) is 98.5 Å². The summed E-state index contributed by atoms with van der Waals surface area (Å²) >= 11 is 3.33. The lowest BCUT2D eigenvalue weighted by atomic mass is 9.49. The summed E-state index contributed by atoms with van der Waals surface area (Å²) in [6, 6.07) is 2.82. The van der Waals surface area contributed by atoms with Crippen molar-refractivity contribution in [1.82, 2.24) is 29.5 Å². The number of halogens is 3. The number of nitrogens with one attached hydrogen (secondary N) is 2. The summed E-state index contributed by atoms with van der Waals surface area (Å²) in [5.74, 6) is 3.00. The summed E-state index contributed by atoms with van der Waals surface area (Å²) in [6.07, 6.45) is 0. The number of nitrogens with zero attached hydrogens (tertiary/aromatic N) is 6. The van der Waals surface area contributed by atoms with Crippen LogP contribution in [0.3, 0.4) is 0 Å². The molecule has 0 spiro atoms. The van der Waals surface area contributed by atoms with E-state index in [0.29, 0.717) is 61.7 Å². The average Bonchev–Trinajstić information content (AvgIpc) is 3.93. The molecule has 0 saturated carbocycles. The minimum Gasteiger partial charge on any atom is -0.495 e. The topological polar surface area (TPSA) is 159 Å². The van der Waals surface area contributed by atoms with Gasteiger partial charge in [0.25, 0.3) is 0 Å². The largest absolute Gasteiger partial charge is 0.498 e. The minimum atomic E-state index is -0.755. The van der Waals surface area contributed by atoms with Crippen molar-refractivity contribution >= 4 is 53.9 Å². The number of aromatic nitrogens is 6. The van der Waals surface area contributed by atoms with Crippen LogP contribution in [0.15, 0.2) is 16.6 Å². The molecule has 0 amide bonds. The Hall–Kier alpha value is -3.79. The average molecular weight is 987 g/mol. The van der Waals surface area contributed by atoms with E-state index in [1.807, 2.05) is 134 Å². The fourth-order valence-corrected chi connectivity index (χ4v) is 8.80. The van der Waals surface area contributed by atoms with Crippen molar-refractivity contribution in [2.45, 2.75) is 169 Å². The van der Waals surface area contributed by atoms with Crippen molar-refractivity contribution in [3.05, 3.63) is 51.5 Å². The molecule has 2 N–H and O–H groups in total. The number of anilines is 2. The van der Waals surface area contributed by atoms with Crippen LogP contribution in [0.4, 0.5) is 20.2 Å². The van der Waals surface area contributed by atoms with Gasteiger partial charge in [-0.1, -0.05) is 0 Å². The molecule has 0 unspecified atom stereocenters. The van der Waals surface area contributed by atoms with E-state index in [1.165, 1.54) is 12.1 Å². The predicted octanol–water partition coefficient (Wildman–Crippen LogP) is 8.57. The third-order valence-electron chi connectivity index (χ3n) is 14.2. The smallest absolute Gasteiger partial charge is 0.495 e. The van der Waals surface area contributed by atoms with Crippen LogP contribution in [0.1, 0.15) is 137 Å². The Bertz CT molecular complexity index is 2500. The summed E-state index contributed by atoms with van der Waals surface area (Å²) in [7, 11) is 1.40. The van der Waals surface area contributed by atoms with Crippen molar-refractivity contribution in [2.24, 2.45) is 0 Å². The molecule has 0 bridgehead atoms. The maximum atomic E-state index is 15.3. The summed E-state index contributed by atoms with van der Waals surface area (Å²) in [5.41, 5.74) is -1.29. The quantitative estimate of drug-likeness (QED) is 0.187. The van der Waals surface area contributed by atoms with Crippen molar-refractivity contribution in [3.63, 3.8) is 0 Å². The molecule has 0 atom stereocenters. The summed E-state index contributed by atoms with van der Waals surface area (Å²) < 4.78 is 81.1. The van der Waals surface area contributed by atoms with Crippen LogP contribution in [0, 0.1) is 25.5 Å². The molecule has 7 heterocycles. The highest BCUT2D eigenvalue weighted by Gasteiger charge is 2.64. The van der Waals surface area contributed by atoms with Crippen molar-refractivity contribution in [1.29, 1.82) is 0 Å². The van der Waals surface area contributed by atoms with Gasteiger partial charge in [-0.3, -0.25) is 9.13 Å². The zero-order chi connectivity index (χ0) is 49.3. The fraction of sp³-hybridized carbons (Fsp3) is 0.636. The highest BCUT2D eigenvalue weighted by molar-refractivity contribution is 9.10. The molecule has 5 aliphatic rings. The maximum Gasteiger partial charge on any atom is 0.498 e. The van der Waals surface area contributed by atoms with Crippen molar-refractivity contribution in [3.8, 4) is 22.9 Å². The van der Waals surface area contributed by atoms with E-state index >= 15 is 4.39 Å². The number of hydrogen-bond acceptors (Lipinski definition) is 14. The number of benzene rings is 2. The Kier molecular flexibility index (Phi) is 12.3. The predicted molar refractivity (Wildman–Crippen MR) is 258 cm³/mol. The van der Waals surface area contributed by atoms with Crippen LogP contribution in [0.2, 0.25) is 0 Å². The SMILES string of the molecule is CC1(C)OB(B2OC(C)(C)C(C)(C)O2)OC1(C)C.COc1c(B2OC(C)(C)C(C)(C)O2)cc(F)c2c1-n1c(C)nnc1C(C)(C)N2.COc1c(Br)cc(F)c2c1-n1c(C)nnc1C(C)(C)N2.[HH].[HH]. The van der Waals surface area contributed by atoms with Crippen LogP contribution in [0.5, 0.6) is 11.5 Å². The summed E-state index contributed by atoms with van der Waals surface area (Å²) in [6.45, 7) is 35.4. The molecule has 2 aromatic carbocycles. The molecule has 0 radical (unpaired) electrons. The Morgan fingerprint density at radius 2 is 0.879 bits per heavy atom. The second-order valence-corrected chi connectivity index (χ2v) is 22.3. The minimum absolute atomic E-state index is 0. The number of ether oxygens (including phenoxy) is 2. The van der Waals surface area contributed by atoms with Crippen molar-refractivity contribution < 1.29 is 49.0 Å². The molecule has 3 fully saturated rings. The Morgan fingerprint density at radius 1 is 0.545 bits per heavy atom. The molecule has 9 rings (SSSR count). The molecule has 16 nitrogen and oxygen atoms in total. The fourth-order valence-electron chi connectivity index (χ4n) is 8.25. The van der Waals surface area contributed by atoms with Crippen LogP contribution in [-0.2, 0) is 39.0 Å². The van der Waals surface area contributed by atoms with E-state index in [-0.39, 0.29) is 31.1 Å². The van der Waals surface area contributed by atoms with E-state index in [2.05, 4.69) is 47.0 Å². The van der Waals surface area contributed by atoms with Crippen LogP contribution >= 0.6 is 15.9 Å². The molecule has 4 aromatic rings. The first kappa shape index (κ1) is 50.1. The monoisotopic (exact) mass is 986 g/mol. The Balaban J connectivity index is 0.000000194. The lowest BCUT2D eigenvalue weighted by Crippen LogP contribution is -2.41. The van der Waals surface area contributed by atoms with Gasteiger partial charge < -0.3 is 48.0 Å². The van der Waals surface area contributed by atoms with Gasteiger partial charge in [0.2, 0.25) is 0 Å². The number of rotatable bonds is 4. The van der Waals surface area contributed by atoms with Crippen molar-refractivity contribution in [2.75, 3.05) is 24.9 Å².